The third-order valence-corrected chi connectivity index (χ3v) is 3.70. The van der Waals surface area contributed by atoms with Crippen LogP contribution < -0.4 is 16.0 Å². The Hall–Kier alpha value is -2.85. The smallest absolute Gasteiger partial charge is 0.408 e. The molecule has 0 heterocycles. The number of hydrogen-bond donors (Lipinski definition) is 4. The Balaban J connectivity index is 2.21. The van der Waals surface area contributed by atoms with Crippen molar-refractivity contribution in [1.82, 2.24) is 16.0 Å². The Morgan fingerprint density at radius 3 is 2.26 bits per heavy atom. The van der Waals surface area contributed by atoms with Crippen LogP contribution in [0, 0.1) is 0 Å². The molecule has 0 aliphatic carbocycles. The van der Waals surface area contributed by atoms with Crippen LogP contribution in [0.2, 0.25) is 0 Å². The minimum Gasteiger partial charge on any atom is -0.445 e. The molecule has 174 valence electrons. The summed E-state index contributed by atoms with van der Waals surface area (Å²) < 4.78 is 15.5. The molecule has 1 rings (SSSR count). The predicted octanol–water partition coefficient (Wildman–Crippen LogP) is 1.32. The van der Waals surface area contributed by atoms with Crippen LogP contribution in [0.4, 0.5) is 9.59 Å². The van der Waals surface area contributed by atoms with Gasteiger partial charge in [0.05, 0.1) is 13.2 Å². The lowest BCUT2D eigenvalue weighted by molar-refractivity contribution is -0.123. The summed E-state index contributed by atoms with van der Waals surface area (Å²) in [6, 6.07) is 8.21. The summed E-state index contributed by atoms with van der Waals surface area (Å²) in [4.78, 5) is 35.6. The van der Waals surface area contributed by atoms with Gasteiger partial charge in [-0.15, -0.1) is 0 Å². The first-order chi connectivity index (χ1) is 14.7. The van der Waals surface area contributed by atoms with Gasteiger partial charge < -0.3 is 35.3 Å². The molecule has 0 aliphatic heterocycles. The van der Waals surface area contributed by atoms with Gasteiger partial charge in [-0.05, 0) is 32.8 Å². The Labute approximate surface area is 182 Å². The zero-order valence-electron chi connectivity index (χ0n) is 18.3. The van der Waals surface area contributed by atoms with Crippen molar-refractivity contribution in [3.05, 3.63) is 35.9 Å². The Morgan fingerprint density at radius 2 is 1.65 bits per heavy atom. The predicted molar refractivity (Wildman–Crippen MR) is 113 cm³/mol. The second-order valence-corrected chi connectivity index (χ2v) is 7.60. The molecule has 0 aromatic heterocycles. The van der Waals surface area contributed by atoms with Gasteiger partial charge in [0.1, 0.15) is 18.2 Å². The molecule has 1 aromatic rings. The third-order valence-electron chi connectivity index (χ3n) is 3.70. The highest BCUT2D eigenvalue weighted by Gasteiger charge is 2.20. The second-order valence-electron chi connectivity index (χ2n) is 7.60. The molecule has 0 fully saturated rings. The Bertz CT molecular complexity index is 677. The second kappa shape index (κ2) is 14.2. The van der Waals surface area contributed by atoms with Gasteiger partial charge >= 0.3 is 12.2 Å². The van der Waals surface area contributed by atoms with Crippen molar-refractivity contribution >= 4 is 18.1 Å². The summed E-state index contributed by atoms with van der Waals surface area (Å²) in [5.41, 5.74) is 0.252. The van der Waals surface area contributed by atoms with Crippen molar-refractivity contribution < 1.29 is 33.7 Å². The van der Waals surface area contributed by atoms with Crippen LogP contribution in [0.25, 0.3) is 0 Å². The lowest BCUT2D eigenvalue weighted by atomic mass is 10.2. The molecule has 31 heavy (non-hydrogen) atoms. The molecular weight excluding hydrogens is 406 g/mol. The van der Waals surface area contributed by atoms with E-state index in [9.17, 15) is 14.4 Å². The maximum absolute atomic E-state index is 12.2. The molecule has 0 unspecified atom stereocenters. The summed E-state index contributed by atoms with van der Waals surface area (Å²) in [5, 5.41) is 16.8. The normalized spacial score (nSPS) is 11.9. The number of rotatable bonds is 12. The molecule has 4 N–H and O–H groups in total. The van der Waals surface area contributed by atoms with Gasteiger partial charge in [0.2, 0.25) is 5.91 Å². The Kier molecular flexibility index (Phi) is 12.0. The van der Waals surface area contributed by atoms with E-state index < -0.39 is 29.7 Å². The van der Waals surface area contributed by atoms with Gasteiger partial charge in [-0.25, -0.2) is 9.59 Å². The zero-order valence-corrected chi connectivity index (χ0v) is 18.3. The molecule has 0 radical (unpaired) electrons. The van der Waals surface area contributed by atoms with Gasteiger partial charge in [0.15, 0.2) is 0 Å². The van der Waals surface area contributed by atoms with E-state index >= 15 is 0 Å². The number of alkyl carbamates (subject to hydrolysis) is 2. The standard InChI is InChI=1S/C21H33N3O7/c1-21(2,3)31-19(27)23-11-14-29-13-10-22-18(26)17(9-12-25)24-20(28)30-15-16-7-5-4-6-8-16/h4-8,17,25H,9-15H2,1-3H3,(H,22,26)(H,23,27)(H,24,28)/t17-/m0/s1. The van der Waals surface area contributed by atoms with Crippen LogP contribution in [0.15, 0.2) is 30.3 Å². The van der Waals surface area contributed by atoms with Crippen molar-refractivity contribution in [3.8, 4) is 0 Å². The number of ether oxygens (including phenoxy) is 3. The van der Waals surface area contributed by atoms with Crippen LogP contribution in [0.1, 0.15) is 32.8 Å². The van der Waals surface area contributed by atoms with E-state index in [1.807, 2.05) is 30.3 Å². The number of aliphatic hydroxyl groups excluding tert-OH is 1. The molecule has 0 aliphatic rings. The molecule has 0 saturated heterocycles. The highest BCUT2D eigenvalue weighted by molar-refractivity contribution is 5.85. The number of carbonyl (C=O) groups excluding carboxylic acids is 3. The molecular formula is C21H33N3O7. The van der Waals surface area contributed by atoms with Gasteiger partial charge in [-0.2, -0.15) is 0 Å². The number of aliphatic hydroxyl groups is 1. The van der Waals surface area contributed by atoms with E-state index in [1.165, 1.54) is 0 Å². The van der Waals surface area contributed by atoms with E-state index in [0.717, 1.165) is 5.56 Å². The maximum atomic E-state index is 12.2. The maximum Gasteiger partial charge on any atom is 0.408 e. The highest BCUT2D eigenvalue weighted by Crippen LogP contribution is 2.06. The fraction of sp³-hybridized carbons (Fsp3) is 0.571. The van der Waals surface area contributed by atoms with Crippen molar-refractivity contribution in [2.24, 2.45) is 0 Å². The van der Waals surface area contributed by atoms with Crippen LogP contribution in [-0.2, 0) is 25.6 Å². The summed E-state index contributed by atoms with van der Waals surface area (Å²) in [6.07, 6.45) is -1.23. The molecule has 0 saturated carbocycles. The Morgan fingerprint density at radius 1 is 1.00 bits per heavy atom. The molecule has 1 aromatic carbocycles. The van der Waals surface area contributed by atoms with Gasteiger partial charge in [-0.3, -0.25) is 4.79 Å². The number of hydrogen-bond acceptors (Lipinski definition) is 7. The summed E-state index contributed by atoms with van der Waals surface area (Å²) in [6.45, 7) is 6.05. The monoisotopic (exact) mass is 439 g/mol. The van der Waals surface area contributed by atoms with E-state index in [4.69, 9.17) is 19.3 Å². The minimum atomic E-state index is -0.929. The zero-order chi connectivity index (χ0) is 23.1. The third kappa shape index (κ3) is 13.1. The number of nitrogens with one attached hydrogen (secondary N) is 3. The van der Waals surface area contributed by atoms with Crippen molar-refractivity contribution in [1.29, 1.82) is 0 Å². The largest absolute Gasteiger partial charge is 0.445 e. The van der Waals surface area contributed by atoms with Crippen molar-refractivity contribution in [2.75, 3.05) is 32.9 Å². The first kappa shape index (κ1) is 26.2. The van der Waals surface area contributed by atoms with Crippen molar-refractivity contribution in [2.45, 2.75) is 45.4 Å². The highest BCUT2D eigenvalue weighted by atomic mass is 16.6. The first-order valence-corrected chi connectivity index (χ1v) is 10.1. The number of benzene rings is 1. The van der Waals surface area contributed by atoms with E-state index in [-0.39, 0.29) is 45.9 Å². The lowest BCUT2D eigenvalue weighted by Crippen LogP contribution is -2.48. The van der Waals surface area contributed by atoms with E-state index in [2.05, 4.69) is 16.0 Å². The van der Waals surface area contributed by atoms with Crippen LogP contribution in [0.5, 0.6) is 0 Å². The van der Waals surface area contributed by atoms with E-state index in [0.29, 0.717) is 0 Å². The average molecular weight is 440 g/mol. The van der Waals surface area contributed by atoms with Gasteiger partial charge in [0, 0.05) is 19.7 Å². The van der Waals surface area contributed by atoms with Crippen LogP contribution in [-0.4, -0.2) is 67.8 Å². The minimum absolute atomic E-state index is 0.0485. The first-order valence-electron chi connectivity index (χ1n) is 10.1. The molecule has 10 nitrogen and oxygen atoms in total. The molecule has 0 spiro atoms. The summed E-state index contributed by atoms with van der Waals surface area (Å²) >= 11 is 0. The fourth-order valence-corrected chi connectivity index (χ4v) is 2.32. The van der Waals surface area contributed by atoms with E-state index in [1.54, 1.807) is 20.8 Å². The van der Waals surface area contributed by atoms with Crippen molar-refractivity contribution in [3.63, 3.8) is 0 Å². The quantitative estimate of drug-likeness (QED) is 0.361. The molecule has 0 bridgehead atoms. The number of amides is 3. The van der Waals surface area contributed by atoms with Gasteiger partial charge in [0.25, 0.3) is 0 Å². The SMILES string of the molecule is CC(C)(C)OC(=O)NCCOCCNC(=O)[C@H](CCO)NC(=O)OCc1ccccc1. The lowest BCUT2D eigenvalue weighted by Gasteiger charge is -2.19. The average Bonchev–Trinajstić information content (AvgIpc) is 2.70. The summed E-state index contributed by atoms with van der Waals surface area (Å²) in [5.74, 6) is -0.457. The molecule has 1 atom stereocenters. The van der Waals surface area contributed by atoms with Crippen LogP contribution in [0.3, 0.4) is 0 Å². The van der Waals surface area contributed by atoms with Crippen LogP contribution >= 0.6 is 0 Å². The fourth-order valence-electron chi connectivity index (χ4n) is 2.32. The molecule has 10 heteroatoms. The topological polar surface area (TPSA) is 135 Å². The molecule has 3 amide bonds. The van der Waals surface area contributed by atoms with Gasteiger partial charge in [-0.1, -0.05) is 30.3 Å². The number of carbonyl (C=O) groups is 3. The summed E-state index contributed by atoms with van der Waals surface area (Å²) in [7, 11) is 0.